The molecule has 0 radical (unpaired) electrons. The maximum Gasteiger partial charge on any atom is 0.0589 e. The standard InChI is InChI=1S/C16H24ClN3/c17-15-1-2-16(19-11-15)12-20-9-5-14(6-10-20)13-3-7-18-8-4-13/h1-2,11,13-14,18H,3-10,12H2. The minimum atomic E-state index is 0.721. The molecule has 3 heterocycles. The predicted octanol–water partition coefficient (Wildman–Crippen LogP) is 2.95. The van der Waals surface area contributed by atoms with Crippen LogP contribution < -0.4 is 5.32 Å². The number of hydrogen-bond acceptors (Lipinski definition) is 3. The largest absolute Gasteiger partial charge is 0.317 e. The fraction of sp³-hybridized carbons (Fsp3) is 0.688. The van der Waals surface area contributed by atoms with Gasteiger partial charge in [0.2, 0.25) is 0 Å². The Balaban J connectivity index is 1.47. The molecule has 4 heteroatoms. The molecule has 1 N–H and O–H groups in total. The van der Waals surface area contributed by atoms with Crippen LogP contribution in [-0.2, 0) is 6.54 Å². The molecule has 3 nitrogen and oxygen atoms in total. The second-order valence-electron chi connectivity index (χ2n) is 6.17. The third-order valence-corrected chi connectivity index (χ3v) is 5.08. The van der Waals surface area contributed by atoms with E-state index in [4.69, 9.17) is 11.6 Å². The molecular weight excluding hydrogens is 270 g/mol. The van der Waals surface area contributed by atoms with Crippen molar-refractivity contribution >= 4 is 11.6 Å². The molecule has 0 spiro atoms. The molecule has 0 atom stereocenters. The SMILES string of the molecule is Clc1ccc(CN2CCC(C3CCNCC3)CC2)nc1. The molecule has 0 unspecified atom stereocenters. The van der Waals surface area contributed by atoms with Gasteiger partial charge in [0.15, 0.2) is 0 Å². The van der Waals surface area contributed by atoms with Crippen molar-refractivity contribution < 1.29 is 0 Å². The molecular formula is C16H24ClN3. The van der Waals surface area contributed by atoms with Crippen molar-refractivity contribution in [1.82, 2.24) is 15.2 Å². The van der Waals surface area contributed by atoms with Gasteiger partial charge in [0.05, 0.1) is 10.7 Å². The second-order valence-corrected chi connectivity index (χ2v) is 6.61. The van der Waals surface area contributed by atoms with E-state index >= 15 is 0 Å². The molecule has 2 saturated heterocycles. The number of hydrogen-bond donors (Lipinski definition) is 1. The first-order valence-corrected chi connectivity index (χ1v) is 8.22. The summed E-state index contributed by atoms with van der Waals surface area (Å²) >= 11 is 5.88. The maximum atomic E-state index is 5.88. The Bertz CT molecular complexity index is 406. The van der Waals surface area contributed by atoms with Gasteiger partial charge < -0.3 is 5.32 Å². The fourth-order valence-corrected chi connectivity index (χ4v) is 3.74. The zero-order valence-electron chi connectivity index (χ0n) is 12.0. The highest BCUT2D eigenvalue weighted by atomic mass is 35.5. The molecule has 2 aliphatic rings. The number of nitrogens with zero attached hydrogens (tertiary/aromatic N) is 2. The first-order chi connectivity index (χ1) is 9.81. The van der Waals surface area contributed by atoms with Gasteiger partial charge in [-0.25, -0.2) is 0 Å². The third kappa shape index (κ3) is 3.72. The van der Waals surface area contributed by atoms with Gasteiger partial charge in [0, 0.05) is 12.7 Å². The Morgan fingerprint density at radius 1 is 1.10 bits per heavy atom. The van der Waals surface area contributed by atoms with Crippen LogP contribution >= 0.6 is 11.6 Å². The summed E-state index contributed by atoms with van der Waals surface area (Å²) in [6.45, 7) is 5.85. The van der Waals surface area contributed by atoms with Crippen LogP contribution in [0, 0.1) is 11.8 Å². The molecule has 0 amide bonds. The lowest BCUT2D eigenvalue weighted by atomic mass is 9.79. The van der Waals surface area contributed by atoms with E-state index in [1.54, 1.807) is 6.20 Å². The van der Waals surface area contributed by atoms with E-state index < -0.39 is 0 Å². The summed E-state index contributed by atoms with van der Waals surface area (Å²) in [5.41, 5.74) is 1.13. The summed E-state index contributed by atoms with van der Waals surface area (Å²) in [5.74, 6) is 1.92. The lowest BCUT2D eigenvalue weighted by Crippen LogP contribution is -2.39. The molecule has 3 rings (SSSR count). The van der Waals surface area contributed by atoms with E-state index in [2.05, 4.69) is 15.2 Å². The Hall–Kier alpha value is -0.640. The molecule has 0 aromatic carbocycles. The number of pyridine rings is 1. The number of halogens is 1. The minimum absolute atomic E-state index is 0.721. The molecule has 0 aliphatic carbocycles. The number of likely N-dealkylation sites (tertiary alicyclic amines) is 1. The molecule has 1 aromatic rings. The molecule has 0 saturated carbocycles. The van der Waals surface area contributed by atoms with E-state index in [-0.39, 0.29) is 0 Å². The van der Waals surface area contributed by atoms with Crippen LogP contribution in [0.3, 0.4) is 0 Å². The highest BCUT2D eigenvalue weighted by molar-refractivity contribution is 6.30. The number of rotatable bonds is 3. The molecule has 20 heavy (non-hydrogen) atoms. The highest BCUT2D eigenvalue weighted by Gasteiger charge is 2.27. The molecule has 1 aromatic heterocycles. The first-order valence-electron chi connectivity index (χ1n) is 7.85. The summed E-state index contributed by atoms with van der Waals surface area (Å²) in [6.07, 6.45) is 7.22. The van der Waals surface area contributed by atoms with Gasteiger partial charge in [-0.05, 0) is 75.8 Å². The summed E-state index contributed by atoms with van der Waals surface area (Å²) in [4.78, 5) is 6.93. The number of nitrogens with one attached hydrogen (secondary N) is 1. The predicted molar refractivity (Wildman–Crippen MR) is 82.8 cm³/mol. The van der Waals surface area contributed by atoms with Crippen LogP contribution in [0.25, 0.3) is 0 Å². The molecule has 2 aliphatic heterocycles. The Labute approximate surface area is 126 Å². The number of piperidine rings is 2. The summed E-state index contributed by atoms with van der Waals surface area (Å²) in [7, 11) is 0. The van der Waals surface area contributed by atoms with Crippen LogP contribution in [0.2, 0.25) is 5.02 Å². The van der Waals surface area contributed by atoms with Crippen molar-refractivity contribution in [3.05, 3.63) is 29.0 Å². The lowest BCUT2D eigenvalue weighted by Gasteiger charge is -2.37. The molecule has 0 bridgehead atoms. The Kier molecular flexibility index (Phi) is 4.92. The lowest BCUT2D eigenvalue weighted by molar-refractivity contribution is 0.125. The quantitative estimate of drug-likeness (QED) is 0.929. The average Bonchev–Trinajstić information content (AvgIpc) is 2.51. The topological polar surface area (TPSA) is 28.2 Å². The fourth-order valence-electron chi connectivity index (χ4n) is 3.63. The number of aromatic nitrogens is 1. The van der Waals surface area contributed by atoms with Crippen molar-refractivity contribution in [3.8, 4) is 0 Å². The zero-order valence-corrected chi connectivity index (χ0v) is 12.8. The summed E-state index contributed by atoms with van der Waals surface area (Å²) < 4.78 is 0. The van der Waals surface area contributed by atoms with Crippen LogP contribution in [0.5, 0.6) is 0 Å². The summed E-state index contributed by atoms with van der Waals surface area (Å²) in [5, 5.41) is 4.19. The zero-order chi connectivity index (χ0) is 13.8. The monoisotopic (exact) mass is 293 g/mol. The Morgan fingerprint density at radius 2 is 1.80 bits per heavy atom. The van der Waals surface area contributed by atoms with Crippen molar-refractivity contribution in [2.45, 2.75) is 32.2 Å². The van der Waals surface area contributed by atoms with Crippen LogP contribution in [0.4, 0.5) is 0 Å². The first kappa shape index (κ1) is 14.3. The van der Waals surface area contributed by atoms with E-state index in [0.29, 0.717) is 0 Å². The maximum absolute atomic E-state index is 5.88. The van der Waals surface area contributed by atoms with E-state index in [1.165, 1.54) is 51.9 Å². The van der Waals surface area contributed by atoms with E-state index in [1.807, 2.05) is 12.1 Å². The molecule has 2 fully saturated rings. The van der Waals surface area contributed by atoms with Crippen LogP contribution in [0.1, 0.15) is 31.4 Å². The van der Waals surface area contributed by atoms with Gasteiger partial charge in [-0.2, -0.15) is 0 Å². The minimum Gasteiger partial charge on any atom is -0.317 e. The van der Waals surface area contributed by atoms with E-state index in [9.17, 15) is 0 Å². The smallest absolute Gasteiger partial charge is 0.0589 e. The normalized spacial score (nSPS) is 23.1. The van der Waals surface area contributed by atoms with Gasteiger partial charge in [0.25, 0.3) is 0 Å². The van der Waals surface area contributed by atoms with Crippen molar-refractivity contribution in [1.29, 1.82) is 0 Å². The molecule has 110 valence electrons. The van der Waals surface area contributed by atoms with E-state index in [0.717, 1.165) is 29.1 Å². The van der Waals surface area contributed by atoms with Crippen LogP contribution in [-0.4, -0.2) is 36.1 Å². The van der Waals surface area contributed by atoms with Crippen molar-refractivity contribution in [2.24, 2.45) is 11.8 Å². The van der Waals surface area contributed by atoms with Gasteiger partial charge in [-0.1, -0.05) is 11.6 Å². The van der Waals surface area contributed by atoms with Gasteiger partial charge in [-0.15, -0.1) is 0 Å². The highest BCUT2D eigenvalue weighted by Crippen LogP contribution is 2.31. The van der Waals surface area contributed by atoms with Crippen molar-refractivity contribution in [3.63, 3.8) is 0 Å². The van der Waals surface area contributed by atoms with Gasteiger partial charge >= 0.3 is 0 Å². The third-order valence-electron chi connectivity index (χ3n) is 4.86. The second kappa shape index (κ2) is 6.88. The summed E-state index contributed by atoms with van der Waals surface area (Å²) in [6, 6.07) is 3.98. The average molecular weight is 294 g/mol. The van der Waals surface area contributed by atoms with Gasteiger partial charge in [-0.3, -0.25) is 9.88 Å². The van der Waals surface area contributed by atoms with Gasteiger partial charge in [0.1, 0.15) is 0 Å². The van der Waals surface area contributed by atoms with Crippen molar-refractivity contribution in [2.75, 3.05) is 26.2 Å². The van der Waals surface area contributed by atoms with Crippen LogP contribution in [0.15, 0.2) is 18.3 Å². The Morgan fingerprint density at radius 3 is 2.45 bits per heavy atom.